The first-order valence-corrected chi connectivity index (χ1v) is 8.91. The summed E-state index contributed by atoms with van der Waals surface area (Å²) in [5.41, 5.74) is 2.14. The number of rotatable bonds is 3. The predicted octanol–water partition coefficient (Wildman–Crippen LogP) is 1.69. The Bertz CT molecular complexity index is 896. The maximum Gasteiger partial charge on any atom is 0.151 e. The van der Waals surface area contributed by atoms with E-state index in [1.807, 2.05) is 36.5 Å². The van der Waals surface area contributed by atoms with Crippen LogP contribution in [0, 0.1) is 11.8 Å². The van der Waals surface area contributed by atoms with Gasteiger partial charge in [-0.25, -0.2) is 4.68 Å². The van der Waals surface area contributed by atoms with Gasteiger partial charge in [0, 0.05) is 50.2 Å². The number of hydrogen-bond donors (Lipinski definition) is 2. The first-order valence-electron chi connectivity index (χ1n) is 8.91. The molecule has 0 radical (unpaired) electrons. The number of hydrogen-bond acceptors (Lipinski definition) is 6. The number of anilines is 1. The highest BCUT2D eigenvalue weighted by Gasteiger charge is 2.36. The van der Waals surface area contributed by atoms with E-state index in [4.69, 9.17) is 0 Å². The van der Waals surface area contributed by atoms with Crippen LogP contribution < -0.4 is 10.2 Å². The first-order chi connectivity index (χ1) is 12.8. The first kappa shape index (κ1) is 15.3. The van der Waals surface area contributed by atoms with Crippen molar-refractivity contribution in [2.45, 2.75) is 0 Å². The van der Waals surface area contributed by atoms with Crippen LogP contribution in [0.1, 0.15) is 0 Å². The minimum absolute atomic E-state index is 0.168. The Morgan fingerprint density at radius 2 is 1.88 bits per heavy atom. The number of phenolic OH excluding ortho intramolecular Hbond substituents is 1. The van der Waals surface area contributed by atoms with Crippen molar-refractivity contribution in [1.29, 1.82) is 0 Å². The average molecular weight is 348 g/mol. The third-order valence-electron chi connectivity index (χ3n) is 5.39. The summed E-state index contributed by atoms with van der Waals surface area (Å²) in [6, 6.07) is 11.2. The fraction of sp³-hybridized carbons (Fsp3) is 0.316. The van der Waals surface area contributed by atoms with Gasteiger partial charge >= 0.3 is 0 Å². The molecule has 2 aliphatic rings. The van der Waals surface area contributed by atoms with E-state index in [9.17, 15) is 5.11 Å². The van der Waals surface area contributed by atoms with Crippen LogP contribution >= 0.6 is 0 Å². The second kappa shape index (κ2) is 6.10. The van der Waals surface area contributed by atoms with E-state index in [0.717, 1.165) is 49.5 Å². The maximum absolute atomic E-state index is 10.4. The molecule has 2 fully saturated rings. The number of aromatic nitrogens is 4. The lowest BCUT2D eigenvalue weighted by Crippen LogP contribution is -2.26. The highest BCUT2D eigenvalue weighted by Crippen LogP contribution is 2.32. The summed E-state index contributed by atoms with van der Waals surface area (Å²) < 4.78 is 1.71. The van der Waals surface area contributed by atoms with E-state index in [2.05, 4.69) is 25.5 Å². The zero-order chi connectivity index (χ0) is 17.5. The van der Waals surface area contributed by atoms with Crippen LogP contribution in [0.3, 0.4) is 0 Å². The number of fused-ring (bicyclic) bond motifs is 1. The summed E-state index contributed by atoms with van der Waals surface area (Å²) in [7, 11) is 0. The fourth-order valence-corrected chi connectivity index (χ4v) is 3.98. The van der Waals surface area contributed by atoms with Gasteiger partial charge in [0.25, 0.3) is 0 Å². The molecule has 2 atom stereocenters. The molecule has 0 unspecified atom stereocenters. The summed E-state index contributed by atoms with van der Waals surface area (Å²) in [4.78, 5) is 2.31. The lowest BCUT2D eigenvalue weighted by atomic mass is 10.0. The Labute approximate surface area is 151 Å². The molecule has 2 N–H and O–H groups in total. The van der Waals surface area contributed by atoms with E-state index in [1.165, 1.54) is 0 Å². The molecule has 7 nitrogen and oxygen atoms in total. The number of phenols is 1. The van der Waals surface area contributed by atoms with Gasteiger partial charge in [0.05, 0.1) is 11.4 Å². The van der Waals surface area contributed by atoms with E-state index < -0.39 is 0 Å². The van der Waals surface area contributed by atoms with E-state index in [1.54, 1.807) is 16.9 Å². The zero-order valence-corrected chi connectivity index (χ0v) is 14.3. The van der Waals surface area contributed by atoms with Crippen molar-refractivity contribution in [2.24, 2.45) is 11.8 Å². The standard InChI is InChI=1S/C19H20N6O/c26-18-8-15(25-7-1-6-21-25)2-3-16(18)17-4-5-19(23-22-17)24-11-13-9-20-10-14(13)12-24/h1-8,13-14,20,26H,9-12H2/t13-,14+. The van der Waals surface area contributed by atoms with E-state index in [-0.39, 0.29) is 5.75 Å². The number of aromatic hydroxyl groups is 1. The predicted molar refractivity (Wildman–Crippen MR) is 98.3 cm³/mol. The molecule has 0 amide bonds. The van der Waals surface area contributed by atoms with Crippen molar-refractivity contribution >= 4 is 5.82 Å². The topological polar surface area (TPSA) is 79.1 Å². The lowest BCUT2D eigenvalue weighted by Gasteiger charge is -2.18. The molecule has 0 bridgehead atoms. The Morgan fingerprint density at radius 3 is 2.54 bits per heavy atom. The maximum atomic E-state index is 10.4. The molecule has 2 aromatic heterocycles. The van der Waals surface area contributed by atoms with Gasteiger partial charge < -0.3 is 15.3 Å². The molecule has 26 heavy (non-hydrogen) atoms. The number of nitrogens with one attached hydrogen (secondary N) is 1. The molecule has 7 heteroatoms. The van der Waals surface area contributed by atoms with Crippen molar-refractivity contribution < 1.29 is 5.11 Å². The van der Waals surface area contributed by atoms with Crippen LogP contribution in [0.5, 0.6) is 5.75 Å². The number of nitrogens with zero attached hydrogens (tertiary/aromatic N) is 5. The third kappa shape index (κ3) is 2.61. The van der Waals surface area contributed by atoms with Crippen LogP contribution in [0.2, 0.25) is 0 Å². The third-order valence-corrected chi connectivity index (χ3v) is 5.39. The minimum atomic E-state index is 0.168. The molecule has 132 valence electrons. The van der Waals surface area contributed by atoms with Crippen molar-refractivity contribution in [2.75, 3.05) is 31.1 Å². The molecule has 2 saturated heterocycles. The highest BCUT2D eigenvalue weighted by molar-refractivity contribution is 5.69. The van der Waals surface area contributed by atoms with Crippen LogP contribution in [0.15, 0.2) is 48.8 Å². The summed E-state index contributed by atoms with van der Waals surface area (Å²) in [5, 5.41) is 26.8. The van der Waals surface area contributed by atoms with Gasteiger partial charge in [0.15, 0.2) is 5.82 Å². The molecular formula is C19H20N6O. The van der Waals surface area contributed by atoms with Gasteiger partial charge in [-0.05, 0) is 42.2 Å². The average Bonchev–Trinajstić information content (AvgIpc) is 3.39. The Balaban J connectivity index is 1.37. The zero-order valence-electron chi connectivity index (χ0n) is 14.3. The smallest absolute Gasteiger partial charge is 0.151 e. The SMILES string of the molecule is Oc1cc(-n2cccn2)ccc1-c1ccc(N2C[C@H]3CNC[C@H]3C2)nn1. The molecule has 4 heterocycles. The highest BCUT2D eigenvalue weighted by atomic mass is 16.3. The molecular weight excluding hydrogens is 328 g/mol. The molecule has 3 aromatic rings. The van der Waals surface area contributed by atoms with Crippen molar-refractivity contribution in [1.82, 2.24) is 25.3 Å². The molecule has 0 spiro atoms. The van der Waals surface area contributed by atoms with Crippen molar-refractivity contribution in [3.8, 4) is 22.7 Å². The monoisotopic (exact) mass is 348 g/mol. The fourth-order valence-electron chi connectivity index (χ4n) is 3.98. The Hall–Kier alpha value is -2.93. The van der Waals surface area contributed by atoms with Gasteiger partial charge in [-0.1, -0.05) is 0 Å². The molecule has 0 saturated carbocycles. The Morgan fingerprint density at radius 1 is 1.04 bits per heavy atom. The van der Waals surface area contributed by atoms with Crippen LogP contribution in [0.25, 0.3) is 16.9 Å². The van der Waals surface area contributed by atoms with Gasteiger partial charge in [-0.3, -0.25) is 0 Å². The molecule has 0 aliphatic carbocycles. The quantitative estimate of drug-likeness (QED) is 0.750. The molecule has 2 aliphatic heterocycles. The second-order valence-corrected chi connectivity index (χ2v) is 7.01. The van der Waals surface area contributed by atoms with Crippen LogP contribution in [-0.2, 0) is 0 Å². The Kier molecular flexibility index (Phi) is 3.60. The second-order valence-electron chi connectivity index (χ2n) is 7.01. The normalized spacial score (nSPS) is 21.9. The van der Waals surface area contributed by atoms with Crippen molar-refractivity contribution in [3.05, 3.63) is 48.8 Å². The largest absolute Gasteiger partial charge is 0.507 e. The summed E-state index contributed by atoms with van der Waals surface area (Å²) in [5.74, 6) is 2.52. The van der Waals surface area contributed by atoms with Crippen LogP contribution in [-0.4, -0.2) is 51.3 Å². The summed E-state index contributed by atoms with van der Waals surface area (Å²) in [6.45, 7) is 4.28. The number of benzene rings is 1. The molecule has 5 rings (SSSR count). The summed E-state index contributed by atoms with van der Waals surface area (Å²) in [6.07, 6.45) is 3.54. The van der Waals surface area contributed by atoms with Gasteiger partial charge in [0.2, 0.25) is 0 Å². The van der Waals surface area contributed by atoms with Gasteiger partial charge in [-0.2, -0.15) is 5.10 Å². The summed E-state index contributed by atoms with van der Waals surface area (Å²) >= 11 is 0. The lowest BCUT2D eigenvalue weighted by molar-refractivity contribution is 0.476. The van der Waals surface area contributed by atoms with E-state index >= 15 is 0 Å². The van der Waals surface area contributed by atoms with Crippen LogP contribution in [0.4, 0.5) is 5.82 Å². The molecule has 1 aromatic carbocycles. The van der Waals surface area contributed by atoms with Crippen molar-refractivity contribution in [3.63, 3.8) is 0 Å². The van der Waals surface area contributed by atoms with Gasteiger partial charge in [-0.15, -0.1) is 10.2 Å². The van der Waals surface area contributed by atoms with Gasteiger partial charge in [0.1, 0.15) is 5.75 Å². The minimum Gasteiger partial charge on any atom is -0.507 e. The van der Waals surface area contributed by atoms with E-state index in [0.29, 0.717) is 11.3 Å².